The van der Waals surface area contributed by atoms with Crippen molar-refractivity contribution in [3.05, 3.63) is 65.5 Å². The van der Waals surface area contributed by atoms with Gasteiger partial charge in [-0.2, -0.15) is 5.26 Å². The van der Waals surface area contributed by atoms with Crippen molar-refractivity contribution in [3.63, 3.8) is 0 Å². The van der Waals surface area contributed by atoms with Crippen LogP contribution in [0.25, 0.3) is 0 Å². The first-order chi connectivity index (χ1) is 10.2. The third-order valence-electron chi connectivity index (χ3n) is 3.14. The molecule has 0 unspecified atom stereocenters. The molecule has 3 nitrogen and oxygen atoms in total. The number of benzene rings is 2. The molecule has 0 aliphatic carbocycles. The van der Waals surface area contributed by atoms with Crippen molar-refractivity contribution in [2.45, 2.75) is 6.54 Å². The fourth-order valence-corrected chi connectivity index (χ4v) is 1.99. The topological polar surface area (TPSA) is 36.3 Å². The van der Waals surface area contributed by atoms with Crippen molar-refractivity contribution < 1.29 is 9.13 Å². The fourth-order valence-electron chi connectivity index (χ4n) is 1.99. The summed E-state index contributed by atoms with van der Waals surface area (Å²) in [6.45, 7) is 1.62. The van der Waals surface area contributed by atoms with Crippen LogP contribution in [0.1, 0.15) is 11.1 Å². The summed E-state index contributed by atoms with van der Waals surface area (Å²) in [6.07, 6.45) is 0. The van der Waals surface area contributed by atoms with E-state index in [2.05, 4.69) is 6.07 Å². The van der Waals surface area contributed by atoms with Crippen LogP contribution in [-0.4, -0.2) is 25.1 Å². The second kappa shape index (κ2) is 7.41. The van der Waals surface area contributed by atoms with Crippen LogP contribution >= 0.6 is 0 Å². The Morgan fingerprint density at radius 2 is 1.86 bits per heavy atom. The third-order valence-corrected chi connectivity index (χ3v) is 3.14. The highest BCUT2D eigenvalue weighted by Gasteiger charge is 2.06. The van der Waals surface area contributed by atoms with Gasteiger partial charge in [-0.15, -0.1) is 0 Å². The predicted molar refractivity (Wildman–Crippen MR) is 79.4 cm³/mol. The average Bonchev–Trinajstić information content (AvgIpc) is 2.50. The summed E-state index contributed by atoms with van der Waals surface area (Å²) >= 11 is 0. The highest BCUT2D eigenvalue weighted by Crippen LogP contribution is 2.16. The molecular weight excluding hydrogens is 267 g/mol. The lowest BCUT2D eigenvalue weighted by molar-refractivity contribution is 0.231. The molecular formula is C17H17FN2O. The first-order valence-electron chi connectivity index (χ1n) is 6.74. The van der Waals surface area contributed by atoms with Crippen LogP contribution in [0.4, 0.5) is 4.39 Å². The zero-order valence-corrected chi connectivity index (χ0v) is 11.9. The number of hydrogen-bond acceptors (Lipinski definition) is 3. The minimum Gasteiger partial charge on any atom is -0.491 e. The molecule has 0 saturated carbocycles. The van der Waals surface area contributed by atoms with Crippen LogP contribution in [0.2, 0.25) is 0 Å². The fraction of sp³-hybridized carbons (Fsp3) is 0.235. The smallest absolute Gasteiger partial charge is 0.137 e. The second-order valence-electron chi connectivity index (χ2n) is 4.79. The Balaban J connectivity index is 1.84. The Morgan fingerprint density at radius 3 is 2.62 bits per heavy atom. The van der Waals surface area contributed by atoms with E-state index in [9.17, 15) is 4.39 Å². The lowest BCUT2D eigenvalue weighted by Gasteiger charge is -2.17. The van der Waals surface area contributed by atoms with E-state index in [4.69, 9.17) is 10.00 Å². The zero-order valence-electron chi connectivity index (χ0n) is 11.9. The Bertz CT molecular complexity index is 637. The largest absolute Gasteiger partial charge is 0.491 e. The number of nitrogens with zero attached hydrogens (tertiary/aromatic N) is 2. The second-order valence-corrected chi connectivity index (χ2v) is 4.79. The van der Waals surface area contributed by atoms with Crippen molar-refractivity contribution in [3.8, 4) is 11.8 Å². The monoisotopic (exact) mass is 284 g/mol. The normalized spacial score (nSPS) is 10.4. The van der Waals surface area contributed by atoms with E-state index >= 15 is 0 Å². The highest BCUT2D eigenvalue weighted by atomic mass is 19.1. The van der Waals surface area contributed by atoms with Gasteiger partial charge in [-0.25, -0.2) is 4.39 Å². The maximum Gasteiger partial charge on any atom is 0.137 e. The van der Waals surface area contributed by atoms with E-state index in [-0.39, 0.29) is 5.82 Å². The number of ether oxygens (including phenoxy) is 1. The molecule has 0 bridgehead atoms. The molecule has 0 saturated heterocycles. The van der Waals surface area contributed by atoms with E-state index in [1.807, 2.05) is 24.1 Å². The lowest BCUT2D eigenvalue weighted by atomic mass is 10.2. The predicted octanol–water partition coefficient (Wildman–Crippen LogP) is 3.21. The van der Waals surface area contributed by atoms with Gasteiger partial charge in [0.05, 0.1) is 5.56 Å². The minimum atomic E-state index is -0.194. The molecule has 108 valence electrons. The van der Waals surface area contributed by atoms with E-state index in [1.54, 1.807) is 30.3 Å². The first-order valence-corrected chi connectivity index (χ1v) is 6.74. The summed E-state index contributed by atoms with van der Waals surface area (Å²) in [6, 6.07) is 16.0. The van der Waals surface area contributed by atoms with Gasteiger partial charge in [-0.05, 0) is 25.2 Å². The van der Waals surface area contributed by atoms with Crippen molar-refractivity contribution >= 4 is 0 Å². The van der Waals surface area contributed by atoms with E-state index in [0.717, 1.165) is 0 Å². The summed E-state index contributed by atoms with van der Waals surface area (Å²) in [7, 11) is 1.91. The quantitative estimate of drug-likeness (QED) is 0.817. The summed E-state index contributed by atoms with van der Waals surface area (Å²) in [5, 5.41) is 8.97. The molecule has 0 radical (unpaired) electrons. The van der Waals surface area contributed by atoms with Crippen molar-refractivity contribution in [2.75, 3.05) is 20.2 Å². The van der Waals surface area contributed by atoms with Gasteiger partial charge in [0.15, 0.2) is 0 Å². The summed E-state index contributed by atoms with van der Waals surface area (Å²) < 4.78 is 19.2. The average molecular weight is 284 g/mol. The molecule has 0 amide bonds. The van der Waals surface area contributed by atoms with Crippen LogP contribution < -0.4 is 4.74 Å². The molecule has 2 aromatic carbocycles. The number of rotatable bonds is 6. The van der Waals surface area contributed by atoms with Gasteiger partial charge >= 0.3 is 0 Å². The van der Waals surface area contributed by atoms with Crippen LogP contribution in [0.5, 0.6) is 5.75 Å². The van der Waals surface area contributed by atoms with Crippen molar-refractivity contribution in [1.29, 1.82) is 5.26 Å². The number of nitriles is 1. The third kappa shape index (κ3) is 4.30. The first kappa shape index (κ1) is 15.0. The number of para-hydroxylation sites is 1. The minimum absolute atomic E-state index is 0.194. The van der Waals surface area contributed by atoms with Gasteiger partial charge in [0.25, 0.3) is 0 Å². The van der Waals surface area contributed by atoms with Crippen molar-refractivity contribution in [1.82, 2.24) is 4.90 Å². The molecule has 0 heterocycles. The summed E-state index contributed by atoms with van der Waals surface area (Å²) in [5.41, 5.74) is 1.19. The van der Waals surface area contributed by atoms with Gasteiger partial charge in [0.2, 0.25) is 0 Å². The standard InChI is InChI=1S/C17H17FN2O/c1-20(13-15-7-2-4-8-16(15)18)10-11-21-17-9-5-3-6-14(17)12-19/h2-9H,10-11,13H2,1H3. The Morgan fingerprint density at radius 1 is 1.14 bits per heavy atom. The summed E-state index contributed by atoms with van der Waals surface area (Å²) in [4.78, 5) is 1.98. The van der Waals surface area contributed by atoms with Gasteiger partial charge in [-0.1, -0.05) is 30.3 Å². The maximum absolute atomic E-state index is 13.5. The van der Waals surface area contributed by atoms with Crippen LogP contribution in [0, 0.1) is 17.1 Å². The molecule has 0 atom stereocenters. The van der Waals surface area contributed by atoms with E-state index in [1.165, 1.54) is 6.07 Å². The van der Waals surface area contributed by atoms with Crippen LogP contribution in [0.15, 0.2) is 48.5 Å². The molecule has 2 rings (SSSR count). The Hall–Kier alpha value is -2.38. The number of halogens is 1. The van der Waals surface area contributed by atoms with E-state index in [0.29, 0.717) is 36.6 Å². The molecule has 0 aromatic heterocycles. The highest BCUT2D eigenvalue weighted by molar-refractivity contribution is 5.42. The van der Waals surface area contributed by atoms with Crippen LogP contribution in [-0.2, 0) is 6.54 Å². The van der Waals surface area contributed by atoms with Gasteiger partial charge < -0.3 is 4.74 Å². The lowest BCUT2D eigenvalue weighted by Crippen LogP contribution is -2.24. The SMILES string of the molecule is CN(CCOc1ccccc1C#N)Cc1ccccc1F. The van der Waals surface area contributed by atoms with Crippen LogP contribution in [0.3, 0.4) is 0 Å². The zero-order chi connectivity index (χ0) is 15.1. The Labute approximate surface area is 124 Å². The number of hydrogen-bond donors (Lipinski definition) is 0. The molecule has 0 N–H and O–H groups in total. The molecule has 0 aliphatic rings. The molecule has 2 aromatic rings. The Kier molecular flexibility index (Phi) is 5.30. The van der Waals surface area contributed by atoms with E-state index < -0.39 is 0 Å². The number of likely N-dealkylation sites (N-methyl/N-ethyl adjacent to an activating group) is 1. The van der Waals surface area contributed by atoms with Crippen molar-refractivity contribution in [2.24, 2.45) is 0 Å². The summed E-state index contributed by atoms with van der Waals surface area (Å²) in [5.74, 6) is 0.388. The molecule has 0 fully saturated rings. The van der Waals surface area contributed by atoms with Gasteiger partial charge in [0.1, 0.15) is 24.2 Å². The molecule has 0 aliphatic heterocycles. The molecule has 4 heteroatoms. The maximum atomic E-state index is 13.5. The molecule has 21 heavy (non-hydrogen) atoms. The van der Waals surface area contributed by atoms with Gasteiger partial charge in [0, 0.05) is 18.7 Å². The molecule has 0 spiro atoms. The van der Waals surface area contributed by atoms with Gasteiger partial charge in [-0.3, -0.25) is 4.90 Å².